The molecule has 19 heavy (non-hydrogen) atoms. The first-order chi connectivity index (χ1) is 8.81. The molecule has 0 aromatic rings. The zero-order chi connectivity index (χ0) is 14.6. The average molecular weight is 271 g/mol. The van der Waals surface area contributed by atoms with Crippen molar-refractivity contribution in [2.45, 2.75) is 38.8 Å². The van der Waals surface area contributed by atoms with Gasteiger partial charge < -0.3 is 20.6 Å². The first kappa shape index (κ1) is 15.3. The van der Waals surface area contributed by atoms with Gasteiger partial charge in [-0.1, -0.05) is 13.8 Å². The molecule has 0 bridgehead atoms. The number of likely N-dealkylation sites (N-methyl/N-ethyl adjacent to an activating group) is 1. The molecular weight excluding hydrogens is 250 g/mol. The van der Waals surface area contributed by atoms with Crippen LogP contribution in [0.4, 0.5) is 4.79 Å². The third kappa shape index (κ3) is 4.42. The number of piperidine rings is 1. The Morgan fingerprint density at radius 3 is 2.53 bits per heavy atom. The summed E-state index contributed by atoms with van der Waals surface area (Å²) in [5.41, 5.74) is 0. The molecule has 0 spiro atoms. The molecule has 7 heteroatoms. The van der Waals surface area contributed by atoms with E-state index in [2.05, 4.69) is 10.6 Å². The molecule has 108 valence electrons. The van der Waals surface area contributed by atoms with Gasteiger partial charge in [0.15, 0.2) is 0 Å². The first-order valence-electron chi connectivity index (χ1n) is 6.35. The van der Waals surface area contributed by atoms with E-state index in [0.29, 0.717) is 19.4 Å². The van der Waals surface area contributed by atoms with E-state index >= 15 is 0 Å². The van der Waals surface area contributed by atoms with E-state index in [0.717, 1.165) is 0 Å². The van der Waals surface area contributed by atoms with E-state index in [-0.39, 0.29) is 17.9 Å². The summed E-state index contributed by atoms with van der Waals surface area (Å²) in [6, 6.07) is -1.55. The number of aliphatic carboxylic acids is 1. The van der Waals surface area contributed by atoms with Gasteiger partial charge in [0.25, 0.3) is 0 Å². The van der Waals surface area contributed by atoms with Crippen molar-refractivity contribution in [3.05, 3.63) is 0 Å². The molecule has 2 atom stereocenters. The monoisotopic (exact) mass is 271 g/mol. The Bertz CT molecular complexity index is 370. The van der Waals surface area contributed by atoms with Crippen LogP contribution in [-0.4, -0.2) is 53.6 Å². The van der Waals surface area contributed by atoms with Crippen LogP contribution in [0.15, 0.2) is 0 Å². The number of amides is 3. The van der Waals surface area contributed by atoms with Crippen molar-refractivity contribution in [2.24, 2.45) is 5.92 Å². The second-order valence-electron chi connectivity index (χ2n) is 5.19. The van der Waals surface area contributed by atoms with E-state index in [1.54, 1.807) is 25.8 Å². The Morgan fingerprint density at radius 2 is 2.05 bits per heavy atom. The van der Waals surface area contributed by atoms with Crippen LogP contribution >= 0.6 is 0 Å². The first-order valence-corrected chi connectivity index (χ1v) is 6.35. The van der Waals surface area contributed by atoms with Gasteiger partial charge >= 0.3 is 12.0 Å². The topological polar surface area (TPSA) is 98.7 Å². The van der Waals surface area contributed by atoms with Gasteiger partial charge in [-0.25, -0.2) is 9.59 Å². The van der Waals surface area contributed by atoms with Gasteiger partial charge in [0.2, 0.25) is 5.91 Å². The summed E-state index contributed by atoms with van der Waals surface area (Å²) in [6.45, 7) is 3.91. The molecule has 0 saturated carbocycles. The Morgan fingerprint density at radius 1 is 1.42 bits per heavy atom. The van der Waals surface area contributed by atoms with Crippen LogP contribution < -0.4 is 10.6 Å². The predicted octanol–water partition coefficient (Wildman–Crippen LogP) is 0.0156. The molecule has 1 unspecified atom stereocenters. The highest BCUT2D eigenvalue weighted by molar-refractivity contribution is 5.83. The number of rotatable bonds is 4. The Kier molecular flexibility index (Phi) is 5.14. The van der Waals surface area contributed by atoms with Crippen molar-refractivity contribution in [1.29, 1.82) is 0 Å². The van der Waals surface area contributed by atoms with E-state index in [4.69, 9.17) is 5.11 Å². The average Bonchev–Trinajstić information content (AvgIpc) is 2.30. The maximum absolute atomic E-state index is 11.7. The summed E-state index contributed by atoms with van der Waals surface area (Å²) in [4.78, 5) is 35.6. The maximum Gasteiger partial charge on any atom is 0.326 e. The molecule has 3 amide bonds. The van der Waals surface area contributed by atoms with Gasteiger partial charge in [-0.3, -0.25) is 4.79 Å². The molecule has 1 heterocycles. The molecule has 0 aliphatic carbocycles. The van der Waals surface area contributed by atoms with Crippen LogP contribution in [0.3, 0.4) is 0 Å². The summed E-state index contributed by atoms with van der Waals surface area (Å²) in [6.07, 6.45) is 0.976. The van der Waals surface area contributed by atoms with Gasteiger partial charge in [0, 0.05) is 26.1 Å². The second-order valence-corrected chi connectivity index (χ2v) is 5.19. The zero-order valence-electron chi connectivity index (χ0n) is 11.5. The Balaban J connectivity index is 2.47. The van der Waals surface area contributed by atoms with Gasteiger partial charge in [-0.2, -0.15) is 0 Å². The number of carbonyl (C=O) groups excluding carboxylic acids is 2. The lowest BCUT2D eigenvalue weighted by Crippen LogP contribution is -2.54. The molecule has 3 N–H and O–H groups in total. The lowest BCUT2D eigenvalue weighted by atomic mass is 10.0. The smallest absolute Gasteiger partial charge is 0.326 e. The van der Waals surface area contributed by atoms with Crippen LogP contribution in [0.2, 0.25) is 0 Å². The van der Waals surface area contributed by atoms with Crippen molar-refractivity contribution in [3.8, 4) is 0 Å². The molecule has 1 saturated heterocycles. The van der Waals surface area contributed by atoms with E-state index in [1.165, 1.54) is 0 Å². The highest BCUT2D eigenvalue weighted by atomic mass is 16.4. The zero-order valence-corrected chi connectivity index (χ0v) is 11.5. The second kappa shape index (κ2) is 6.40. The molecule has 1 fully saturated rings. The van der Waals surface area contributed by atoms with Crippen molar-refractivity contribution >= 4 is 17.9 Å². The van der Waals surface area contributed by atoms with Crippen molar-refractivity contribution in [2.75, 3.05) is 13.6 Å². The quantitative estimate of drug-likeness (QED) is 0.671. The number of carboxylic acid groups (broad SMARTS) is 1. The minimum atomic E-state index is -1.05. The molecule has 7 nitrogen and oxygen atoms in total. The highest BCUT2D eigenvalue weighted by Crippen LogP contribution is 2.09. The molecule has 0 radical (unpaired) electrons. The molecule has 1 aliphatic rings. The summed E-state index contributed by atoms with van der Waals surface area (Å²) in [7, 11) is 1.68. The number of nitrogens with one attached hydrogen (secondary N) is 2. The summed E-state index contributed by atoms with van der Waals surface area (Å²) in [5.74, 6) is -1.19. The molecule has 0 aromatic heterocycles. The van der Waals surface area contributed by atoms with Gasteiger partial charge in [-0.05, 0) is 12.3 Å². The number of hydrogen-bond donors (Lipinski definition) is 3. The summed E-state index contributed by atoms with van der Waals surface area (Å²) in [5, 5.41) is 14.1. The highest BCUT2D eigenvalue weighted by Gasteiger charge is 2.27. The fraction of sp³-hybridized carbons (Fsp3) is 0.750. The van der Waals surface area contributed by atoms with E-state index < -0.39 is 18.0 Å². The summed E-state index contributed by atoms with van der Waals surface area (Å²) >= 11 is 0. The van der Waals surface area contributed by atoms with Crippen molar-refractivity contribution in [3.63, 3.8) is 0 Å². The third-order valence-electron chi connectivity index (χ3n) is 3.18. The van der Waals surface area contributed by atoms with Crippen molar-refractivity contribution < 1.29 is 19.5 Å². The van der Waals surface area contributed by atoms with Crippen LogP contribution in [-0.2, 0) is 9.59 Å². The van der Waals surface area contributed by atoms with E-state index in [9.17, 15) is 14.4 Å². The molecule has 1 aliphatic heterocycles. The fourth-order valence-electron chi connectivity index (χ4n) is 2.01. The molecular formula is C12H21N3O4. The number of nitrogens with zero attached hydrogens (tertiary/aromatic N) is 1. The van der Waals surface area contributed by atoms with Gasteiger partial charge in [0.1, 0.15) is 6.04 Å². The Labute approximate surface area is 112 Å². The standard InChI is InChI=1S/C12H21N3O4/c1-7(2)10(11(17)18)14-12(19)13-8-4-5-9(16)15(3)6-8/h7-8,10H,4-6H2,1-3H3,(H,17,18)(H2,13,14,19)/t8?,10-/m1/s1. The molecule has 0 aromatic carbocycles. The SMILES string of the molecule is CC(C)[C@@H](NC(=O)NC1CCC(=O)N(C)C1)C(=O)O. The molecule has 1 rings (SSSR count). The maximum atomic E-state index is 11.7. The van der Waals surface area contributed by atoms with Crippen LogP contribution in [0.25, 0.3) is 0 Å². The van der Waals surface area contributed by atoms with Crippen LogP contribution in [0.5, 0.6) is 0 Å². The lowest BCUT2D eigenvalue weighted by molar-refractivity contribution is -0.140. The third-order valence-corrected chi connectivity index (χ3v) is 3.18. The van der Waals surface area contributed by atoms with Crippen molar-refractivity contribution in [1.82, 2.24) is 15.5 Å². The van der Waals surface area contributed by atoms with Crippen LogP contribution in [0.1, 0.15) is 26.7 Å². The van der Waals surface area contributed by atoms with E-state index in [1.807, 2.05) is 0 Å². The van der Waals surface area contributed by atoms with Crippen LogP contribution in [0, 0.1) is 5.92 Å². The number of carbonyl (C=O) groups is 3. The normalized spacial score (nSPS) is 21.2. The largest absolute Gasteiger partial charge is 0.480 e. The number of urea groups is 1. The van der Waals surface area contributed by atoms with Gasteiger partial charge in [0.05, 0.1) is 0 Å². The fourth-order valence-corrected chi connectivity index (χ4v) is 2.01. The number of carboxylic acids is 1. The number of hydrogen-bond acceptors (Lipinski definition) is 3. The van der Waals surface area contributed by atoms with Gasteiger partial charge in [-0.15, -0.1) is 0 Å². The minimum absolute atomic E-state index is 0.0593. The summed E-state index contributed by atoms with van der Waals surface area (Å²) < 4.78 is 0. The minimum Gasteiger partial charge on any atom is -0.480 e. The Hall–Kier alpha value is -1.79. The number of likely N-dealkylation sites (tertiary alicyclic amines) is 1. The lowest BCUT2D eigenvalue weighted by Gasteiger charge is -2.30. The predicted molar refractivity (Wildman–Crippen MR) is 68.6 cm³/mol.